The minimum atomic E-state index is -0.231. The van der Waals surface area contributed by atoms with E-state index in [0.29, 0.717) is 5.13 Å². The fourth-order valence-corrected chi connectivity index (χ4v) is 1.22. The minimum Gasteiger partial charge on any atom is -0.359 e. The monoisotopic (exact) mass is 214 g/mol. The van der Waals surface area contributed by atoms with Gasteiger partial charge in [-0.05, 0) is 0 Å². The Kier molecular flexibility index (Phi) is 3.99. The van der Waals surface area contributed by atoms with Gasteiger partial charge < -0.3 is 10.6 Å². The van der Waals surface area contributed by atoms with E-state index in [1.165, 1.54) is 23.9 Å². The zero-order valence-corrected chi connectivity index (χ0v) is 8.43. The van der Waals surface area contributed by atoms with Gasteiger partial charge in [0.15, 0.2) is 0 Å². The third kappa shape index (κ3) is 3.48. The molecule has 7 heteroatoms. The molecule has 0 aliphatic rings. The number of rotatable bonds is 4. The molecule has 2 amide bonds. The second-order valence-corrected chi connectivity index (χ2v) is 3.30. The van der Waals surface area contributed by atoms with Gasteiger partial charge in [-0.1, -0.05) is 11.3 Å². The average molecular weight is 214 g/mol. The molecule has 1 heterocycles. The summed E-state index contributed by atoms with van der Waals surface area (Å²) in [5.74, 6) is -0.386. The first-order chi connectivity index (χ1) is 6.72. The normalized spacial score (nSPS) is 9.50. The van der Waals surface area contributed by atoms with Crippen molar-refractivity contribution in [1.82, 2.24) is 15.5 Å². The van der Waals surface area contributed by atoms with Crippen LogP contribution in [0.2, 0.25) is 0 Å². The SMILES string of the molecule is CNC(=O)CCC(=O)Nc1nncs1. The number of nitrogens with zero attached hydrogens (tertiary/aromatic N) is 2. The molecule has 0 aromatic carbocycles. The largest absolute Gasteiger partial charge is 0.359 e. The van der Waals surface area contributed by atoms with E-state index in [1.54, 1.807) is 0 Å². The van der Waals surface area contributed by atoms with E-state index >= 15 is 0 Å². The number of aromatic nitrogens is 2. The highest BCUT2D eigenvalue weighted by Crippen LogP contribution is 2.08. The number of carbonyl (C=O) groups excluding carboxylic acids is 2. The molecule has 14 heavy (non-hydrogen) atoms. The van der Waals surface area contributed by atoms with E-state index in [2.05, 4.69) is 20.8 Å². The molecule has 0 unspecified atom stereocenters. The third-order valence-electron chi connectivity index (χ3n) is 1.46. The molecule has 0 saturated carbocycles. The predicted octanol–water partition coefficient (Wildman–Crippen LogP) is 0.00280. The molecule has 0 aliphatic heterocycles. The topological polar surface area (TPSA) is 84.0 Å². The van der Waals surface area contributed by atoms with Crippen LogP contribution in [0.3, 0.4) is 0 Å². The quantitative estimate of drug-likeness (QED) is 0.739. The summed E-state index contributed by atoms with van der Waals surface area (Å²) in [6, 6.07) is 0. The van der Waals surface area contributed by atoms with Crippen molar-refractivity contribution >= 4 is 28.3 Å². The number of carbonyl (C=O) groups is 2. The molecular weight excluding hydrogens is 204 g/mol. The lowest BCUT2D eigenvalue weighted by atomic mass is 10.3. The zero-order valence-electron chi connectivity index (χ0n) is 7.61. The van der Waals surface area contributed by atoms with Crippen molar-refractivity contribution in [3.05, 3.63) is 5.51 Å². The van der Waals surface area contributed by atoms with Gasteiger partial charge in [0, 0.05) is 19.9 Å². The lowest BCUT2D eigenvalue weighted by Gasteiger charge is -1.99. The highest BCUT2D eigenvalue weighted by molar-refractivity contribution is 7.13. The Labute approximate surface area is 84.7 Å². The smallest absolute Gasteiger partial charge is 0.226 e. The first-order valence-corrected chi connectivity index (χ1v) is 4.87. The summed E-state index contributed by atoms with van der Waals surface area (Å²) in [6.07, 6.45) is 0.334. The Morgan fingerprint density at radius 3 is 2.71 bits per heavy atom. The van der Waals surface area contributed by atoms with Crippen molar-refractivity contribution in [1.29, 1.82) is 0 Å². The molecule has 0 radical (unpaired) electrons. The van der Waals surface area contributed by atoms with Gasteiger partial charge in [0.1, 0.15) is 5.51 Å². The zero-order chi connectivity index (χ0) is 10.4. The Balaban J connectivity index is 2.26. The molecule has 0 aliphatic carbocycles. The van der Waals surface area contributed by atoms with Gasteiger partial charge in [0.25, 0.3) is 0 Å². The van der Waals surface area contributed by atoms with Crippen LogP contribution in [-0.4, -0.2) is 29.1 Å². The van der Waals surface area contributed by atoms with Crippen molar-refractivity contribution in [2.24, 2.45) is 0 Å². The van der Waals surface area contributed by atoms with Crippen molar-refractivity contribution < 1.29 is 9.59 Å². The number of anilines is 1. The molecule has 0 atom stereocenters. The van der Waals surface area contributed by atoms with Crippen molar-refractivity contribution in [2.45, 2.75) is 12.8 Å². The van der Waals surface area contributed by atoms with Crippen LogP contribution in [0.5, 0.6) is 0 Å². The number of hydrogen-bond donors (Lipinski definition) is 2. The molecule has 2 N–H and O–H groups in total. The molecular formula is C7H10N4O2S. The number of amides is 2. The fraction of sp³-hybridized carbons (Fsp3) is 0.429. The lowest BCUT2D eigenvalue weighted by Crippen LogP contribution is -2.20. The second-order valence-electron chi connectivity index (χ2n) is 2.47. The number of nitrogens with one attached hydrogen (secondary N) is 2. The Bertz CT molecular complexity index is 311. The summed E-state index contributed by atoms with van der Waals surface area (Å²) in [5.41, 5.74) is 1.52. The van der Waals surface area contributed by atoms with Gasteiger partial charge >= 0.3 is 0 Å². The molecule has 0 spiro atoms. The first-order valence-electron chi connectivity index (χ1n) is 3.99. The molecule has 0 saturated heterocycles. The molecule has 6 nitrogen and oxygen atoms in total. The summed E-state index contributed by atoms with van der Waals surface area (Å²) in [4.78, 5) is 22.0. The highest BCUT2D eigenvalue weighted by Gasteiger charge is 2.06. The van der Waals surface area contributed by atoms with E-state index in [-0.39, 0.29) is 24.7 Å². The molecule has 1 aromatic rings. The van der Waals surface area contributed by atoms with Gasteiger partial charge in [-0.2, -0.15) is 0 Å². The van der Waals surface area contributed by atoms with Crippen molar-refractivity contribution in [2.75, 3.05) is 12.4 Å². The van der Waals surface area contributed by atoms with Crippen LogP contribution < -0.4 is 10.6 Å². The molecule has 1 rings (SSSR count). The third-order valence-corrected chi connectivity index (χ3v) is 2.07. The maximum absolute atomic E-state index is 11.2. The Morgan fingerprint density at radius 2 is 2.14 bits per heavy atom. The van der Waals surface area contributed by atoms with Crippen LogP contribution in [0.4, 0.5) is 5.13 Å². The van der Waals surface area contributed by atoms with Crippen molar-refractivity contribution in [3.63, 3.8) is 0 Å². The average Bonchev–Trinajstić information content (AvgIpc) is 2.66. The Hall–Kier alpha value is -1.50. The van der Waals surface area contributed by atoms with Gasteiger partial charge in [-0.3, -0.25) is 9.59 Å². The Morgan fingerprint density at radius 1 is 1.43 bits per heavy atom. The summed E-state index contributed by atoms with van der Waals surface area (Å²) >= 11 is 1.24. The van der Waals surface area contributed by atoms with E-state index < -0.39 is 0 Å². The summed E-state index contributed by atoms with van der Waals surface area (Å²) in [6.45, 7) is 0. The minimum absolute atomic E-state index is 0.152. The summed E-state index contributed by atoms with van der Waals surface area (Å²) in [5, 5.41) is 12.6. The summed E-state index contributed by atoms with van der Waals surface area (Å²) in [7, 11) is 1.53. The van der Waals surface area contributed by atoms with Crippen LogP contribution in [0.1, 0.15) is 12.8 Å². The van der Waals surface area contributed by atoms with E-state index in [9.17, 15) is 9.59 Å². The van der Waals surface area contributed by atoms with Crippen LogP contribution in [0, 0.1) is 0 Å². The van der Waals surface area contributed by atoms with Crippen LogP contribution in [-0.2, 0) is 9.59 Å². The maximum Gasteiger partial charge on any atom is 0.226 e. The second kappa shape index (κ2) is 5.28. The van der Waals surface area contributed by atoms with Crippen LogP contribution in [0.25, 0.3) is 0 Å². The summed E-state index contributed by atoms with van der Waals surface area (Å²) < 4.78 is 0. The molecule has 76 valence electrons. The standard InChI is InChI=1S/C7H10N4O2S/c1-8-5(12)2-3-6(13)10-7-11-9-4-14-7/h4H,2-3H2,1H3,(H,8,12)(H,10,11,13). The maximum atomic E-state index is 11.2. The fourth-order valence-electron chi connectivity index (χ4n) is 0.761. The lowest BCUT2D eigenvalue weighted by molar-refractivity contribution is -0.124. The van der Waals surface area contributed by atoms with E-state index in [0.717, 1.165) is 0 Å². The predicted molar refractivity (Wildman–Crippen MR) is 51.8 cm³/mol. The molecule has 1 aromatic heterocycles. The highest BCUT2D eigenvalue weighted by atomic mass is 32.1. The van der Waals surface area contributed by atoms with E-state index in [1.807, 2.05) is 0 Å². The van der Waals surface area contributed by atoms with Crippen LogP contribution >= 0.6 is 11.3 Å². The number of hydrogen-bond acceptors (Lipinski definition) is 5. The molecule has 0 fully saturated rings. The van der Waals surface area contributed by atoms with Crippen LogP contribution in [0.15, 0.2) is 5.51 Å². The van der Waals surface area contributed by atoms with Gasteiger partial charge in [-0.15, -0.1) is 10.2 Å². The van der Waals surface area contributed by atoms with E-state index in [4.69, 9.17) is 0 Å². The van der Waals surface area contributed by atoms with Crippen molar-refractivity contribution in [3.8, 4) is 0 Å². The van der Waals surface area contributed by atoms with Gasteiger partial charge in [0.2, 0.25) is 16.9 Å². The van der Waals surface area contributed by atoms with Gasteiger partial charge in [-0.25, -0.2) is 0 Å². The van der Waals surface area contributed by atoms with Gasteiger partial charge in [0.05, 0.1) is 0 Å². The first kappa shape index (κ1) is 10.6. The molecule has 0 bridgehead atoms.